The number of halogens is 1. The van der Waals surface area contributed by atoms with E-state index < -0.39 is 11.8 Å². The van der Waals surface area contributed by atoms with Gasteiger partial charge in [-0.05, 0) is 33.3 Å². The first-order valence-corrected chi connectivity index (χ1v) is 10.4. The highest BCUT2D eigenvalue weighted by Gasteiger charge is 2.27. The summed E-state index contributed by atoms with van der Waals surface area (Å²) in [5.41, 5.74) is 1.53. The number of aryl methyl sites for hydroxylation is 2. The molecular weight excluding hydrogens is 394 g/mol. The summed E-state index contributed by atoms with van der Waals surface area (Å²) in [7, 11) is 0. The number of amides is 3. The Morgan fingerprint density at radius 3 is 2.38 bits per heavy atom. The second kappa shape index (κ2) is 10.4. The SMILES string of the molecule is CCCCn1nc(C)c(/C=C/C(=O)N2CCN(C(=O)C(=O)NC(C)C)CC2)c1Cl. The monoisotopic (exact) mass is 423 g/mol. The highest BCUT2D eigenvalue weighted by atomic mass is 35.5. The highest BCUT2D eigenvalue weighted by Crippen LogP contribution is 2.22. The highest BCUT2D eigenvalue weighted by molar-refractivity contribution is 6.35. The van der Waals surface area contributed by atoms with Crippen molar-refractivity contribution in [3.05, 3.63) is 22.5 Å². The topological polar surface area (TPSA) is 87.5 Å². The van der Waals surface area contributed by atoms with E-state index in [9.17, 15) is 14.4 Å². The molecule has 0 saturated carbocycles. The van der Waals surface area contributed by atoms with Crippen LogP contribution in [-0.2, 0) is 20.9 Å². The molecule has 3 amide bonds. The maximum atomic E-state index is 12.5. The fourth-order valence-corrected chi connectivity index (χ4v) is 3.39. The van der Waals surface area contributed by atoms with E-state index in [1.54, 1.807) is 29.5 Å². The summed E-state index contributed by atoms with van der Waals surface area (Å²) in [6.45, 7) is 9.75. The van der Waals surface area contributed by atoms with Gasteiger partial charge in [-0.25, -0.2) is 0 Å². The summed E-state index contributed by atoms with van der Waals surface area (Å²) in [4.78, 5) is 39.6. The Labute approximate surface area is 176 Å². The third-order valence-corrected chi connectivity index (χ3v) is 5.12. The molecule has 29 heavy (non-hydrogen) atoms. The molecule has 0 bridgehead atoms. The molecule has 0 radical (unpaired) electrons. The minimum atomic E-state index is -0.607. The largest absolute Gasteiger partial charge is 0.346 e. The van der Waals surface area contributed by atoms with Gasteiger partial charge in [0.15, 0.2) is 0 Å². The van der Waals surface area contributed by atoms with E-state index in [2.05, 4.69) is 17.3 Å². The summed E-state index contributed by atoms with van der Waals surface area (Å²) in [6, 6.07) is -0.0962. The van der Waals surface area contributed by atoms with Crippen LogP contribution in [0.3, 0.4) is 0 Å². The number of nitrogens with zero attached hydrogens (tertiary/aromatic N) is 4. The Bertz CT molecular complexity index is 779. The molecule has 0 aliphatic carbocycles. The second-order valence-electron chi connectivity index (χ2n) is 7.45. The van der Waals surface area contributed by atoms with Crippen LogP contribution >= 0.6 is 11.6 Å². The van der Waals surface area contributed by atoms with Crippen LogP contribution in [0.5, 0.6) is 0 Å². The summed E-state index contributed by atoms with van der Waals surface area (Å²) in [6.07, 6.45) is 5.22. The van der Waals surface area contributed by atoms with Crippen molar-refractivity contribution in [1.82, 2.24) is 24.9 Å². The predicted molar refractivity (Wildman–Crippen MR) is 112 cm³/mol. The van der Waals surface area contributed by atoms with Crippen LogP contribution in [0.4, 0.5) is 0 Å². The van der Waals surface area contributed by atoms with Gasteiger partial charge in [-0.2, -0.15) is 5.10 Å². The summed E-state index contributed by atoms with van der Waals surface area (Å²) in [5, 5.41) is 7.56. The molecule has 1 aliphatic rings. The normalized spacial score (nSPS) is 14.7. The van der Waals surface area contributed by atoms with E-state index in [1.165, 1.54) is 11.0 Å². The van der Waals surface area contributed by atoms with Crippen LogP contribution in [0.25, 0.3) is 6.08 Å². The lowest BCUT2D eigenvalue weighted by Gasteiger charge is -2.33. The number of aromatic nitrogens is 2. The summed E-state index contributed by atoms with van der Waals surface area (Å²) >= 11 is 6.40. The average Bonchev–Trinajstić information content (AvgIpc) is 2.96. The van der Waals surface area contributed by atoms with E-state index in [4.69, 9.17) is 11.6 Å². The standard InChI is InChI=1S/C20H30ClN5O3/c1-5-6-9-26-18(21)16(15(4)23-26)7-8-17(27)24-10-12-25(13-11-24)20(29)19(28)22-14(2)3/h7-8,14H,5-6,9-13H2,1-4H3,(H,22,28)/b8-7+. The van der Waals surface area contributed by atoms with Crippen LogP contribution in [0.15, 0.2) is 6.08 Å². The minimum Gasteiger partial charge on any atom is -0.346 e. The summed E-state index contributed by atoms with van der Waals surface area (Å²) in [5.74, 6) is -1.31. The molecule has 1 aliphatic heterocycles. The molecule has 8 nitrogen and oxygen atoms in total. The lowest BCUT2D eigenvalue weighted by Crippen LogP contribution is -2.54. The second-order valence-corrected chi connectivity index (χ2v) is 7.80. The molecule has 9 heteroatoms. The molecule has 1 fully saturated rings. The van der Waals surface area contributed by atoms with E-state index in [0.717, 1.165) is 30.6 Å². The third-order valence-electron chi connectivity index (χ3n) is 4.72. The Morgan fingerprint density at radius 2 is 1.79 bits per heavy atom. The number of carbonyl (C=O) groups excluding carboxylic acids is 3. The number of piperazine rings is 1. The van der Waals surface area contributed by atoms with Crippen molar-refractivity contribution in [3.63, 3.8) is 0 Å². The molecule has 1 aromatic heterocycles. The number of hydrogen-bond donors (Lipinski definition) is 1. The zero-order chi connectivity index (χ0) is 21.6. The number of carbonyl (C=O) groups is 3. The molecular formula is C20H30ClN5O3. The Hall–Kier alpha value is -2.35. The summed E-state index contributed by atoms with van der Waals surface area (Å²) < 4.78 is 1.76. The van der Waals surface area contributed by atoms with Crippen LogP contribution in [-0.4, -0.2) is 69.5 Å². The fraction of sp³-hybridized carbons (Fsp3) is 0.600. The molecule has 0 unspecified atom stereocenters. The smallest absolute Gasteiger partial charge is 0.312 e. The van der Waals surface area contributed by atoms with Gasteiger partial charge in [-0.3, -0.25) is 19.1 Å². The third kappa shape index (κ3) is 6.06. The fourth-order valence-electron chi connectivity index (χ4n) is 3.07. The van der Waals surface area contributed by atoms with Gasteiger partial charge in [0.1, 0.15) is 5.15 Å². The maximum absolute atomic E-state index is 12.5. The van der Waals surface area contributed by atoms with E-state index in [-0.39, 0.29) is 11.9 Å². The van der Waals surface area contributed by atoms with Crippen LogP contribution in [0.1, 0.15) is 44.9 Å². The predicted octanol–water partition coefficient (Wildman–Crippen LogP) is 1.85. The van der Waals surface area contributed by atoms with Crippen LogP contribution < -0.4 is 5.32 Å². The molecule has 0 spiro atoms. The quantitative estimate of drug-likeness (QED) is 0.558. The van der Waals surface area contributed by atoms with Crippen molar-refractivity contribution in [2.75, 3.05) is 26.2 Å². The van der Waals surface area contributed by atoms with Crippen molar-refractivity contribution in [2.45, 2.75) is 53.1 Å². The number of rotatable bonds is 6. The van der Waals surface area contributed by atoms with Crippen molar-refractivity contribution in [3.8, 4) is 0 Å². The Balaban J connectivity index is 1.92. The van der Waals surface area contributed by atoms with E-state index in [0.29, 0.717) is 31.3 Å². The zero-order valence-corrected chi connectivity index (χ0v) is 18.3. The average molecular weight is 424 g/mol. The first-order valence-electron chi connectivity index (χ1n) is 10.0. The molecule has 0 atom stereocenters. The van der Waals surface area contributed by atoms with Crippen LogP contribution in [0.2, 0.25) is 5.15 Å². The van der Waals surface area contributed by atoms with Gasteiger partial charge in [-0.15, -0.1) is 0 Å². The van der Waals surface area contributed by atoms with E-state index >= 15 is 0 Å². The lowest BCUT2D eigenvalue weighted by molar-refractivity contribution is -0.148. The van der Waals surface area contributed by atoms with Crippen molar-refractivity contribution in [1.29, 1.82) is 0 Å². The Kier molecular flexibility index (Phi) is 8.25. The minimum absolute atomic E-state index is 0.0962. The molecule has 1 aromatic rings. The number of unbranched alkanes of at least 4 members (excludes halogenated alkanes) is 1. The van der Waals surface area contributed by atoms with Gasteiger partial charge < -0.3 is 15.1 Å². The first kappa shape index (κ1) is 22.9. The molecule has 1 N–H and O–H groups in total. The van der Waals surface area contributed by atoms with Gasteiger partial charge >= 0.3 is 11.8 Å². The molecule has 1 saturated heterocycles. The number of nitrogens with one attached hydrogen (secondary N) is 1. The maximum Gasteiger partial charge on any atom is 0.312 e. The molecule has 2 rings (SSSR count). The van der Waals surface area contributed by atoms with Crippen molar-refractivity contribution in [2.24, 2.45) is 0 Å². The van der Waals surface area contributed by atoms with Gasteiger partial charge in [0.05, 0.1) is 5.69 Å². The van der Waals surface area contributed by atoms with Gasteiger partial charge in [0, 0.05) is 50.4 Å². The van der Waals surface area contributed by atoms with E-state index in [1.807, 2.05) is 6.92 Å². The van der Waals surface area contributed by atoms with Crippen LogP contribution in [0, 0.1) is 6.92 Å². The van der Waals surface area contributed by atoms with Crippen molar-refractivity contribution < 1.29 is 14.4 Å². The van der Waals surface area contributed by atoms with Crippen molar-refractivity contribution >= 4 is 35.4 Å². The Morgan fingerprint density at radius 1 is 1.17 bits per heavy atom. The molecule has 2 heterocycles. The number of hydrogen-bond acceptors (Lipinski definition) is 4. The van der Waals surface area contributed by atoms with Gasteiger partial charge in [0.25, 0.3) is 0 Å². The molecule has 0 aromatic carbocycles. The van der Waals surface area contributed by atoms with Gasteiger partial charge in [-0.1, -0.05) is 24.9 Å². The van der Waals surface area contributed by atoms with Gasteiger partial charge in [0.2, 0.25) is 5.91 Å². The first-order chi connectivity index (χ1) is 13.7. The lowest BCUT2D eigenvalue weighted by atomic mass is 10.2. The zero-order valence-electron chi connectivity index (χ0n) is 17.6. The molecule has 160 valence electrons.